The van der Waals surface area contributed by atoms with E-state index in [4.69, 9.17) is 10.5 Å². The fraction of sp³-hybridized carbons (Fsp3) is 0.929. The minimum atomic E-state index is -0.743. The molecule has 0 radical (unpaired) electrons. The average Bonchev–Trinajstić information content (AvgIpc) is 3.21. The third kappa shape index (κ3) is 2.64. The van der Waals surface area contributed by atoms with Crippen LogP contribution in [0.25, 0.3) is 0 Å². The second-order valence-electron chi connectivity index (χ2n) is 6.35. The van der Waals surface area contributed by atoms with E-state index in [2.05, 4.69) is 9.80 Å². The summed E-state index contributed by atoms with van der Waals surface area (Å²) in [4.78, 5) is 16.9. The van der Waals surface area contributed by atoms with Crippen LogP contribution >= 0.6 is 0 Å². The molecule has 2 saturated carbocycles. The summed E-state index contributed by atoms with van der Waals surface area (Å²) in [6.45, 7) is 4.60. The first-order valence-corrected chi connectivity index (χ1v) is 7.48. The molecule has 0 spiro atoms. The number of carbonyl (C=O) groups is 1. The summed E-state index contributed by atoms with van der Waals surface area (Å²) >= 11 is 0. The van der Waals surface area contributed by atoms with Crippen LogP contribution < -0.4 is 5.73 Å². The monoisotopic (exact) mass is 267 g/mol. The molecular weight excluding hydrogens is 242 g/mol. The second kappa shape index (κ2) is 5.04. The maximum atomic E-state index is 11.7. The van der Waals surface area contributed by atoms with Crippen molar-refractivity contribution in [3.63, 3.8) is 0 Å². The first kappa shape index (κ1) is 13.3. The van der Waals surface area contributed by atoms with Crippen molar-refractivity contribution in [1.29, 1.82) is 0 Å². The number of carbonyl (C=O) groups excluding carboxylic acids is 1. The van der Waals surface area contributed by atoms with Crippen molar-refractivity contribution in [3.05, 3.63) is 0 Å². The molecule has 19 heavy (non-hydrogen) atoms. The van der Waals surface area contributed by atoms with Crippen LogP contribution in [0.2, 0.25) is 0 Å². The predicted octanol–water partition coefficient (Wildman–Crippen LogP) is 0.189. The molecule has 3 rings (SSSR count). The zero-order valence-electron chi connectivity index (χ0n) is 11.8. The number of esters is 1. The summed E-state index contributed by atoms with van der Waals surface area (Å²) in [6.07, 6.45) is 5.31. The van der Waals surface area contributed by atoms with Gasteiger partial charge in [0.05, 0.1) is 7.11 Å². The fourth-order valence-electron chi connectivity index (χ4n) is 3.66. The molecule has 1 heterocycles. The molecule has 3 fully saturated rings. The van der Waals surface area contributed by atoms with Gasteiger partial charge < -0.3 is 10.5 Å². The summed E-state index contributed by atoms with van der Waals surface area (Å²) < 4.78 is 4.84. The molecule has 108 valence electrons. The van der Waals surface area contributed by atoms with Gasteiger partial charge in [0, 0.05) is 38.3 Å². The molecule has 0 amide bonds. The van der Waals surface area contributed by atoms with E-state index in [9.17, 15) is 4.79 Å². The van der Waals surface area contributed by atoms with E-state index in [1.807, 2.05) is 0 Å². The Morgan fingerprint density at radius 2 is 1.68 bits per heavy atom. The minimum Gasteiger partial charge on any atom is -0.468 e. The largest absolute Gasteiger partial charge is 0.468 e. The highest BCUT2D eigenvalue weighted by molar-refractivity contribution is 5.81. The Morgan fingerprint density at radius 3 is 2.21 bits per heavy atom. The molecule has 3 aliphatic rings. The van der Waals surface area contributed by atoms with E-state index in [1.54, 1.807) is 0 Å². The van der Waals surface area contributed by atoms with Gasteiger partial charge in [-0.2, -0.15) is 0 Å². The van der Waals surface area contributed by atoms with Crippen molar-refractivity contribution in [1.82, 2.24) is 9.80 Å². The highest BCUT2D eigenvalue weighted by atomic mass is 16.5. The van der Waals surface area contributed by atoms with E-state index in [0.29, 0.717) is 6.04 Å². The van der Waals surface area contributed by atoms with Crippen LogP contribution in [-0.4, -0.2) is 66.7 Å². The topological polar surface area (TPSA) is 58.8 Å². The van der Waals surface area contributed by atoms with E-state index < -0.39 is 5.54 Å². The molecule has 0 aromatic heterocycles. The zero-order valence-corrected chi connectivity index (χ0v) is 11.8. The summed E-state index contributed by atoms with van der Waals surface area (Å²) in [5.41, 5.74) is 5.44. The summed E-state index contributed by atoms with van der Waals surface area (Å²) in [7, 11) is 1.43. The first-order chi connectivity index (χ1) is 9.12. The van der Waals surface area contributed by atoms with Gasteiger partial charge in [0.2, 0.25) is 0 Å². The fourth-order valence-corrected chi connectivity index (χ4v) is 3.66. The Kier molecular flexibility index (Phi) is 3.53. The quantitative estimate of drug-likeness (QED) is 0.740. The average molecular weight is 267 g/mol. The lowest BCUT2D eigenvalue weighted by molar-refractivity contribution is -0.147. The van der Waals surface area contributed by atoms with Crippen molar-refractivity contribution < 1.29 is 9.53 Å². The van der Waals surface area contributed by atoms with Gasteiger partial charge in [-0.1, -0.05) is 0 Å². The van der Waals surface area contributed by atoms with Crippen LogP contribution in [0, 0.1) is 0 Å². The van der Waals surface area contributed by atoms with Crippen LogP contribution in [0.3, 0.4) is 0 Å². The molecule has 0 bridgehead atoms. The Balaban J connectivity index is 1.52. The summed E-state index contributed by atoms with van der Waals surface area (Å²) in [6, 6.07) is 1.33. The van der Waals surface area contributed by atoms with Crippen molar-refractivity contribution in [2.24, 2.45) is 5.73 Å². The number of methoxy groups -OCH3 is 1. The molecular formula is C14H25N3O2. The van der Waals surface area contributed by atoms with E-state index in [1.165, 1.54) is 33.0 Å². The lowest BCUT2D eigenvalue weighted by atomic mass is 9.99. The van der Waals surface area contributed by atoms with E-state index >= 15 is 0 Å². The van der Waals surface area contributed by atoms with Crippen molar-refractivity contribution in [3.8, 4) is 0 Å². The number of piperazine rings is 1. The number of nitrogens with two attached hydrogens (primary N) is 1. The lowest BCUT2D eigenvalue weighted by Gasteiger charge is -2.38. The molecule has 2 atom stereocenters. The zero-order chi connectivity index (χ0) is 13.5. The molecule has 2 N–H and O–H groups in total. The Bertz CT molecular complexity index is 351. The maximum Gasteiger partial charge on any atom is 0.325 e. The summed E-state index contributed by atoms with van der Waals surface area (Å²) in [5.74, 6) is -0.244. The number of hydrogen-bond acceptors (Lipinski definition) is 5. The van der Waals surface area contributed by atoms with Gasteiger partial charge >= 0.3 is 5.97 Å². The van der Waals surface area contributed by atoms with Crippen molar-refractivity contribution in [2.45, 2.75) is 49.7 Å². The van der Waals surface area contributed by atoms with Crippen molar-refractivity contribution >= 4 is 5.97 Å². The second-order valence-corrected chi connectivity index (χ2v) is 6.35. The van der Waals surface area contributed by atoms with Gasteiger partial charge in [0.1, 0.15) is 5.54 Å². The molecule has 0 aromatic rings. The Morgan fingerprint density at radius 1 is 1.11 bits per heavy atom. The van der Waals surface area contributed by atoms with Gasteiger partial charge in [-0.25, -0.2) is 0 Å². The number of nitrogens with zero attached hydrogens (tertiary/aromatic N) is 2. The third-order valence-corrected chi connectivity index (χ3v) is 5.04. The van der Waals surface area contributed by atoms with Crippen LogP contribution in [0.4, 0.5) is 0 Å². The third-order valence-electron chi connectivity index (χ3n) is 5.04. The van der Waals surface area contributed by atoms with Gasteiger partial charge in [-0.15, -0.1) is 0 Å². The van der Waals surface area contributed by atoms with Crippen LogP contribution in [0.15, 0.2) is 0 Å². The SMILES string of the molecule is COC(=O)C1(N)CCC(N2CCN(C3CC3)CC2)C1. The lowest BCUT2D eigenvalue weighted by Crippen LogP contribution is -2.52. The normalized spacial score (nSPS) is 37.5. The van der Waals surface area contributed by atoms with Gasteiger partial charge in [-0.05, 0) is 32.1 Å². The van der Waals surface area contributed by atoms with Crippen LogP contribution in [0.1, 0.15) is 32.1 Å². The molecule has 2 aliphatic carbocycles. The van der Waals surface area contributed by atoms with Gasteiger partial charge in [0.25, 0.3) is 0 Å². The van der Waals surface area contributed by atoms with E-state index in [-0.39, 0.29) is 5.97 Å². The first-order valence-electron chi connectivity index (χ1n) is 7.48. The van der Waals surface area contributed by atoms with E-state index in [0.717, 1.165) is 38.4 Å². The van der Waals surface area contributed by atoms with Gasteiger partial charge in [0.15, 0.2) is 0 Å². The Labute approximate surface area is 115 Å². The van der Waals surface area contributed by atoms with Crippen LogP contribution in [0.5, 0.6) is 0 Å². The standard InChI is InChI=1S/C14H25N3O2/c1-19-13(18)14(15)5-4-12(10-14)17-8-6-16(7-9-17)11-2-3-11/h11-12H,2-10,15H2,1H3. The van der Waals surface area contributed by atoms with Gasteiger partial charge in [-0.3, -0.25) is 14.6 Å². The Hall–Kier alpha value is -0.650. The molecule has 0 aromatic carbocycles. The van der Waals surface area contributed by atoms with Crippen molar-refractivity contribution in [2.75, 3.05) is 33.3 Å². The molecule has 2 unspecified atom stereocenters. The smallest absolute Gasteiger partial charge is 0.325 e. The minimum absolute atomic E-state index is 0.244. The number of ether oxygens (including phenoxy) is 1. The molecule has 1 aliphatic heterocycles. The maximum absolute atomic E-state index is 11.7. The van der Waals surface area contributed by atoms with Crippen LogP contribution in [-0.2, 0) is 9.53 Å². The molecule has 1 saturated heterocycles. The number of rotatable bonds is 3. The molecule has 5 heteroatoms. The number of hydrogen-bond donors (Lipinski definition) is 1. The highest BCUT2D eigenvalue weighted by Crippen LogP contribution is 2.34. The highest BCUT2D eigenvalue weighted by Gasteiger charge is 2.45. The summed E-state index contributed by atoms with van der Waals surface area (Å²) in [5, 5.41) is 0. The molecule has 5 nitrogen and oxygen atoms in total. The predicted molar refractivity (Wildman–Crippen MR) is 72.7 cm³/mol.